The summed E-state index contributed by atoms with van der Waals surface area (Å²) >= 11 is 0. The predicted octanol–water partition coefficient (Wildman–Crippen LogP) is 2.71. The lowest BCUT2D eigenvalue weighted by atomic mass is 9.91. The zero-order valence-electron chi connectivity index (χ0n) is 11.2. The molecule has 0 amide bonds. The molecule has 0 radical (unpaired) electrons. The van der Waals surface area contributed by atoms with E-state index in [4.69, 9.17) is 4.74 Å². The van der Waals surface area contributed by atoms with E-state index >= 15 is 0 Å². The summed E-state index contributed by atoms with van der Waals surface area (Å²) in [6, 6.07) is 3.55. The molecule has 0 aliphatic carbocycles. The van der Waals surface area contributed by atoms with Gasteiger partial charge in [0.1, 0.15) is 5.56 Å². The molecule has 0 N–H and O–H groups in total. The van der Waals surface area contributed by atoms with Crippen LogP contribution >= 0.6 is 0 Å². The van der Waals surface area contributed by atoms with Gasteiger partial charge in [0.05, 0.1) is 12.8 Å². The molecule has 0 aliphatic rings. The minimum absolute atomic E-state index is 0.170. The number of imidazole rings is 1. The van der Waals surface area contributed by atoms with Crippen LogP contribution in [-0.2, 0) is 11.2 Å². The van der Waals surface area contributed by atoms with Gasteiger partial charge < -0.3 is 9.14 Å². The third-order valence-electron chi connectivity index (χ3n) is 2.65. The Bertz CT molecular complexity index is 579. The lowest BCUT2D eigenvalue weighted by Crippen LogP contribution is -2.09. The monoisotopic (exact) mass is 246 g/mol. The topological polar surface area (TPSA) is 43.6 Å². The van der Waals surface area contributed by atoms with E-state index in [2.05, 4.69) is 25.8 Å². The molecule has 18 heavy (non-hydrogen) atoms. The number of hydrogen-bond donors (Lipinski definition) is 0. The van der Waals surface area contributed by atoms with Crippen molar-refractivity contribution in [1.29, 1.82) is 0 Å². The van der Waals surface area contributed by atoms with Crippen LogP contribution in [0.1, 0.15) is 36.8 Å². The molecule has 0 unspecified atom stereocenters. The third kappa shape index (κ3) is 2.53. The first-order chi connectivity index (χ1) is 8.40. The van der Waals surface area contributed by atoms with Crippen LogP contribution in [-0.4, -0.2) is 22.5 Å². The smallest absolute Gasteiger partial charge is 0.341 e. The number of carbonyl (C=O) groups is 1. The van der Waals surface area contributed by atoms with Crippen molar-refractivity contribution in [2.75, 3.05) is 7.11 Å². The van der Waals surface area contributed by atoms with Crippen LogP contribution in [0.25, 0.3) is 5.65 Å². The van der Waals surface area contributed by atoms with Gasteiger partial charge in [0.15, 0.2) is 5.65 Å². The van der Waals surface area contributed by atoms with Crippen LogP contribution in [0.15, 0.2) is 24.5 Å². The number of carbonyl (C=O) groups excluding carboxylic acids is 1. The summed E-state index contributed by atoms with van der Waals surface area (Å²) in [5.74, 6) is -0.353. The summed E-state index contributed by atoms with van der Waals surface area (Å²) in [7, 11) is 1.38. The predicted molar refractivity (Wildman–Crippen MR) is 69.7 cm³/mol. The van der Waals surface area contributed by atoms with Crippen molar-refractivity contribution in [3.8, 4) is 0 Å². The van der Waals surface area contributed by atoms with E-state index < -0.39 is 0 Å². The zero-order chi connectivity index (χ0) is 13.3. The van der Waals surface area contributed by atoms with Gasteiger partial charge in [-0.3, -0.25) is 0 Å². The molecule has 4 heteroatoms. The zero-order valence-corrected chi connectivity index (χ0v) is 11.2. The van der Waals surface area contributed by atoms with E-state index in [1.54, 1.807) is 6.07 Å². The number of pyridine rings is 1. The summed E-state index contributed by atoms with van der Waals surface area (Å²) in [6.45, 7) is 6.49. The first-order valence-electron chi connectivity index (χ1n) is 5.95. The maximum atomic E-state index is 11.6. The summed E-state index contributed by atoms with van der Waals surface area (Å²) < 4.78 is 6.63. The van der Waals surface area contributed by atoms with Crippen LogP contribution in [0, 0.1) is 5.41 Å². The second-order valence-electron chi connectivity index (χ2n) is 5.61. The van der Waals surface area contributed by atoms with Gasteiger partial charge in [0.2, 0.25) is 0 Å². The Morgan fingerprint density at radius 2 is 2.17 bits per heavy atom. The Morgan fingerprint density at radius 3 is 2.78 bits per heavy atom. The van der Waals surface area contributed by atoms with Crippen molar-refractivity contribution in [2.45, 2.75) is 27.2 Å². The fourth-order valence-electron chi connectivity index (χ4n) is 1.96. The van der Waals surface area contributed by atoms with E-state index in [-0.39, 0.29) is 11.4 Å². The first-order valence-corrected chi connectivity index (χ1v) is 5.95. The molecule has 0 saturated carbocycles. The molecule has 0 aromatic carbocycles. The number of hydrogen-bond acceptors (Lipinski definition) is 3. The molecule has 2 aromatic heterocycles. The molecule has 0 atom stereocenters. The van der Waals surface area contributed by atoms with Gasteiger partial charge in [-0.1, -0.05) is 20.8 Å². The van der Waals surface area contributed by atoms with Crippen molar-refractivity contribution >= 4 is 11.6 Å². The molecule has 0 aliphatic heterocycles. The average molecular weight is 246 g/mol. The summed E-state index contributed by atoms with van der Waals surface area (Å²) in [4.78, 5) is 16.2. The number of nitrogens with zero attached hydrogens (tertiary/aromatic N) is 2. The quantitative estimate of drug-likeness (QED) is 0.765. The highest BCUT2D eigenvalue weighted by Gasteiger charge is 2.17. The molecule has 2 heterocycles. The van der Waals surface area contributed by atoms with Crippen LogP contribution in [0.3, 0.4) is 0 Å². The van der Waals surface area contributed by atoms with Crippen molar-refractivity contribution in [2.24, 2.45) is 5.41 Å². The molecular formula is C14H18N2O2. The normalized spacial score (nSPS) is 11.8. The standard InChI is InChI=1S/C14H18N2O2/c1-14(2,3)8-10-9-16-7-5-6-11(12(16)15-10)13(17)18-4/h5-7,9H,8H2,1-4H3. The first kappa shape index (κ1) is 12.6. The molecule has 4 nitrogen and oxygen atoms in total. The molecule has 0 spiro atoms. The fourth-order valence-corrected chi connectivity index (χ4v) is 1.96. The number of rotatable bonds is 2. The van der Waals surface area contributed by atoms with Crippen LogP contribution in [0.5, 0.6) is 0 Å². The van der Waals surface area contributed by atoms with Crippen molar-refractivity contribution < 1.29 is 9.53 Å². The second-order valence-corrected chi connectivity index (χ2v) is 5.61. The van der Waals surface area contributed by atoms with Crippen LogP contribution in [0.4, 0.5) is 0 Å². The largest absolute Gasteiger partial charge is 0.465 e. The van der Waals surface area contributed by atoms with E-state index in [0.29, 0.717) is 11.2 Å². The number of ether oxygens (including phenoxy) is 1. The molecule has 0 fully saturated rings. The van der Waals surface area contributed by atoms with Crippen LogP contribution in [0.2, 0.25) is 0 Å². The molecular weight excluding hydrogens is 228 g/mol. The van der Waals surface area contributed by atoms with Crippen LogP contribution < -0.4 is 0 Å². The van der Waals surface area contributed by atoms with Gasteiger partial charge in [0.25, 0.3) is 0 Å². The van der Waals surface area contributed by atoms with Gasteiger partial charge in [-0.25, -0.2) is 9.78 Å². The number of methoxy groups -OCH3 is 1. The fraction of sp³-hybridized carbons (Fsp3) is 0.429. The number of esters is 1. The Balaban J connectivity index is 2.48. The summed E-state index contributed by atoms with van der Waals surface area (Å²) in [6.07, 6.45) is 4.73. The van der Waals surface area contributed by atoms with Crippen molar-refractivity contribution in [3.63, 3.8) is 0 Å². The van der Waals surface area contributed by atoms with E-state index in [1.807, 2.05) is 22.9 Å². The van der Waals surface area contributed by atoms with E-state index in [1.165, 1.54) is 7.11 Å². The minimum atomic E-state index is -0.353. The Labute approximate surface area is 107 Å². The SMILES string of the molecule is COC(=O)c1cccn2cc(CC(C)(C)C)nc12. The molecule has 2 rings (SSSR count). The Hall–Kier alpha value is -1.84. The minimum Gasteiger partial charge on any atom is -0.465 e. The summed E-state index contributed by atoms with van der Waals surface area (Å²) in [5.41, 5.74) is 2.31. The molecule has 0 bridgehead atoms. The molecule has 96 valence electrons. The Kier molecular flexibility index (Phi) is 3.11. The van der Waals surface area contributed by atoms with Gasteiger partial charge in [0, 0.05) is 12.4 Å². The highest BCUT2D eigenvalue weighted by atomic mass is 16.5. The maximum Gasteiger partial charge on any atom is 0.341 e. The number of fused-ring (bicyclic) bond motifs is 1. The molecule has 2 aromatic rings. The maximum absolute atomic E-state index is 11.6. The lowest BCUT2D eigenvalue weighted by Gasteiger charge is -2.15. The van der Waals surface area contributed by atoms with Crippen molar-refractivity contribution in [3.05, 3.63) is 35.8 Å². The van der Waals surface area contributed by atoms with Gasteiger partial charge >= 0.3 is 5.97 Å². The lowest BCUT2D eigenvalue weighted by molar-refractivity contribution is 0.0602. The van der Waals surface area contributed by atoms with Gasteiger partial charge in [-0.15, -0.1) is 0 Å². The second kappa shape index (κ2) is 4.44. The molecule has 0 saturated heterocycles. The Morgan fingerprint density at radius 1 is 1.44 bits per heavy atom. The third-order valence-corrected chi connectivity index (χ3v) is 2.65. The van der Waals surface area contributed by atoms with Crippen molar-refractivity contribution in [1.82, 2.24) is 9.38 Å². The average Bonchev–Trinajstić information content (AvgIpc) is 2.66. The van der Waals surface area contributed by atoms with E-state index in [9.17, 15) is 4.79 Å². The highest BCUT2D eigenvalue weighted by Crippen LogP contribution is 2.21. The van der Waals surface area contributed by atoms with E-state index in [0.717, 1.165) is 12.1 Å². The van der Waals surface area contributed by atoms with Gasteiger partial charge in [-0.05, 0) is 24.0 Å². The van der Waals surface area contributed by atoms with Gasteiger partial charge in [-0.2, -0.15) is 0 Å². The number of aromatic nitrogens is 2. The highest BCUT2D eigenvalue weighted by molar-refractivity contribution is 5.95. The summed E-state index contributed by atoms with van der Waals surface area (Å²) in [5, 5.41) is 0.